The Kier molecular flexibility index (Phi) is 6.11. The fraction of sp³-hybridized carbons (Fsp3) is 0.167. The Morgan fingerprint density at radius 3 is 2.32 bits per heavy atom. The number of hydrogen-bond acceptors (Lipinski definition) is 4. The van der Waals surface area contributed by atoms with Gasteiger partial charge in [0.05, 0.1) is 0 Å². The van der Waals surface area contributed by atoms with E-state index >= 15 is 0 Å². The summed E-state index contributed by atoms with van der Waals surface area (Å²) in [4.78, 5) is 34.7. The van der Waals surface area contributed by atoms with Crippen LogP contribution in [0.5, 0.6) is 0 Å². The summed E-state index contributed by atoms with van der Waals surface area (Å²) < 4.78 is 5.02. The SMILES string of the molecule is NC(=O)c1ccccc1C[C@H](NC(=O)OCc1ccccc1)C(=O)O. The fourth-order valence-corrected chi connectivity index (χ4v) is 2.27. The summed E-state index contributed by atoms with van der Waals surface area (Å²) in [7, 11) is 0. The molecule has 130 valence electrons. The molecule has 2 amide bonds. The van der Waals surface area contributed by atoms with E-state index in [1.807, 2.05) is 6.07 Å². The maximum Gasteiger partial charge on any atom is 0.408 e. The zero-order valence-electron chi connectivity index (χ0n) is 13.3. The smallest absolute Gasteiger partial charge is 0.408 e. The summed E-state index contributed by atoms with van der Waals surface area (Å²) in [5.74, 6) is -1.90. The van der Waals surface area contributed by atoms with Crippen LogP contribution in [0.2, 0.25) is 0 Å². The molecule has 0 saturated heterocycles. The normalized spacial score (nSPS) is 11.4. The number of primary amides is 1. The summed E-state index contributed by atoms with van der Waals surface area (Å²) in [6.07, 6.45) is -0.942. The molecular formula is C18H18N2O5. The number of benzene rings is 2. The van der Waals surface area contributed by atoms with E-state index in [-0.39, 0.29) is 18.6 Å². The van der Waals surface area contributed by atoms with E-state index < -0.39 is 24.0 Å². The van der Waals surface area contributed by atoms with Crippen LogP contribution in [0.25, 0.3) is 0 Å². The number of ether oxygens (including phenoxy) is 1. The summed E-state index contributed by atoms with van der Waals surface area (Å²) in [5.41, 5.74) is 6.71. The van der Waals surface area contributed by atoms with Crippen LogP contribution in [0.3, 0.4) is 0 Å². The van der Waals surface area contributed by atoms with Gasteiger partial charge in [0, 0.05) is 12.0 Å². The number of carboxylic acid groups (broad SMARTS) is 1. The van der Waals surface area contributed by atoms with Crippen molar-refractivity contribution in [3.8, 4) is 0 Å². The molecule has 0 unspecified atom stereocenters. The molecule has 1 atom stereocenters. The second-order valence-electron chi connectivity index (χ2n) is 5.32. The van der Waals surface area contributed by atoms with E-state index in [9.17, 15) is 19.5 Å². The highest BCUT2D eigenvalue weighted by molar-refractivity contribution is 5.94. The molecule has 0 saturated carbocycles. The molecule has 0 bridgehead atoms. The van der Waals surface area contributed by atoms with E-state index in [0.717, 1.165) is 5.56 Å². The molecule has 25 heavy (non-hydrogen) atoms. The summed E-state index contributed by atoms with van der Waals surface area (Å²) in [6.45, 7) is 0.0247. The van der Waals surface area contributed by atoms with Gasteiger partial charge in [-0.3, -0.25) is 4.79 Å². The molecule has 0 radical (unpaired) electrons. The summed E-state index contributed by atoms with van der Waals surface area (Å²) in [5, 5.41) is 11.6. The second-order valence-corrected chi connectivity index (χ2v) is 5.32. The molecular weight excluding hydrogens is 324 g/mol. The first-order valence-corrected chi connectivity index (χ1v) is 7.55. The molecule has 7 nitrogen and oxygen atoms in total. The zero-order chi connectivity index (χ0) is 18.2. The molecule has 2 rings (SSSR count). The second kappa shape index (κ2) is 8.49. The lowest BCUT2D eigenvalue weighted by Gasteiger charge is -2.16. The van der Waals surface area contributed by atoms with Gasteiger partial charge in [0.2, 0.25) is 5.91 Å². The van der Waals surface area contributed by atoms with E-state index in [2.05, 4.69) is 5.32 Å². The molecule has 0 heterocycles. The number of nitrogens with two attached hydrogens (primary N) is 1. The van der Waals surface area contributed by atoms with Crippen LogP contribution in [0, 0.1) is 0 Å². The van der Waals surface area contributed by atoms with Crippen LogP contribution in [-0.2, 0) is 22.6 Å². The van der Waals surface area contributed by atoms with Crippen molar-refractivity contribution in [3.63, 3.8) is 0 Å². The number of carboxylic acids is 1. The van der Waals surface area contributed by atoms with Crippen molar-refractivity contribution in [2.24, 2.45) is 5.73 Å². The minimum absolute atomic E-state index is 0.0247. The average molecular weight is 342 g/mol. The number of amides is 2. The molecule has 7 heteroatoms. The van der Waals surface area contributed by atoms with Crippen LogP contribution >= 0.6 is 0 Å². The van der Waals surface area contributed by atoms with Crippen molar-refractivity contribution >= 4 is 18.0 Å². The molecule has 4 N–H and O–H groups in total. The molecule has 2 aromatic carbocycles. The first-order valence-electron chi connectivity index (χ1n) is 7.55. The highest BCUT2D eigenvalue weighted by atomic mass is 16.5. The maximum absolute atomic E-state index is 11.9. The van der Waals surface area contributed by atoms with E-state index in [1.54, 1.807) is 42.5 Å². The fourth-order valence-electron chi connectivity index (χ4n) is 2.27. The van der Waals surface area contributed by atoms with Gasteiger partial charge in [-0.2, -0.15) is 0 Å². The third-order valence-electron chi connectivity index (χ3n) is 3.51. The standard InChI is InChI=1S/C18H18N2O5/c19-16(21)14-9-5-4-8-13(14)10-15(17(22)23)20-18(24)25-11-12-6-2-1-3-7-12/h1-9,15H,10-11H2,(H2,19,21)(H,20,24)(H,22,23)/t15-/m0/s1. The van der Waals surface area contributed by atoms with Crippen molar-refractivity contribution in [3.05, 3.63) is 71.3 Å². The van der Waals surface area contributed by atoms with Gasteiger partial charge in [-0.05, 0) is 17.2 Å². The third kappa shape index (κ3) is 5.35. The van der Waals surface area contributed by atoms with Crippen LogP contribution < -0.4 is 11.1 Å². The van der Waals surface area contributed by atoms with E-state index in [0.29, 0.717) is 5.56 Å². The third-order valence-corrected chi connectivity index (χ3v) is 3.51. The number of carbonyl (C=O) groups excluding carboxylic acids is 2. The molecule has 0 aromatic heterocycles. The predicted octanol–water partition coefficient (Wildman–Crippen LogP) is 1.71. The minimum atomic E-state index is -1.25. The molecule has 0 aliphatic heterocycles. The Morgan fingerprint density at radius 1 is 1.04 bits per heavy atom. The molecule has 0 aliphatic rings. The van der Waals surface area contributed by atoms with Crippen molar-refractivity contribution in [2.75, 3.05) is 0 Å². The van der Waals surface area contributed by atoms with Gasteiger partial charge in [-0.25, -0.2) is 9.59 Å². The maximum atomic E-state index is 11.9. The lowest BCUT2D eigenvalue weighted by molar-refractivity contribution is -0.139. The Bertz CT molecular complexity index is 761. The topological polar surface area (TPSA) is 119 Å². The van der Waals surface area contributed by atoms with Crippen LogP contribution in [-0.4, -0.2) is 29.1 Å². The average Bonchev–Trinajstić information content (AvgIpc) is 2.60. The van der Waals surface area contributed by atoms with Crippen LogP contribution in [0.15, 0.2) is 54.6 Å². The first kappa shape index (κ1) is 18.0. The van der Waals surface area contributed by atoms with Gasteiger partial charge in [0.1, 0.15) is 12.6 Å². The number of hydrogen-bond donors (Lipinski definition) is 3. The van der Waals surface area contributed by atoms with Gasteiger partial charge in [-0.1, -0.05) is 48.5 Å². The first-order chi connectivity index (χ1) is 12.0. The van der Waals surface area contributed by atoms with Gasteiger partial charge >= 0.3 is 12.1 Å². The molecule has 0 aliphatic carbocycles. The Labute approximate surface area is 144 Å². The van der Waals surface area contributed by atoms with Crippen LogP contribution in [0.4, 0.5) is 4.79 Å². The Morgan fingerprint density at radius 2 is 1.68 bits per heavy atom. The number of alkyl carbamates (subject to hydrolysis) is 1. The lowest BCUT2D eigenvalue weighted by atomic mass is 10.00. The predicted molar refractivity (Wildman–Crippen MR) is 89.9 cm³/mol. The van der Waals surface area contributed by atoms with Gasteiger partial charge in [0.15, 0.2) is 0 Å². The number of rotatable bonds is 7. The highest BCUT2D eigenvalue weighted by Gasteiger charge is 2.23. The Hall–Kier alpha value is -3.35. The van der Waals surface area contributed by atoms with Crippen molar-refractivity contribution in [1.82, 2.24) is 5.32 Å². The van der Waals surface area contributed by atoms with Crippen molar-refractivity contribution in [1.29, 1.82) is 0 Å². The number of aliphatic carboxylic acids is 1. The largest absolute Gasteiger partial charge is 0.480 e. The lowest BCUT2D eigenvalue weighted by Crippen LogP contribution is -2.42. The van der Waals surface area contributed by atoms with Crippen LogP contribution in [0.1, 0.15) is 21.5 Å². The van der Waals surface area contributed by atoms with E-state index in [4.69, 9.17) is 10.5 Å². The van der Waals surface area contributed by atoms with Crippen molar-refractivity contribution < 1.29 is 24.2 Å². The van der Waals surface area contributed by atoms with E-state index in [1.165, 1.54) is 6.07 Å². The molecule has 2 aromatic rings. The van der Waals surface area contributed by atoms with Gasteiger partial charge in [0.25, 0.3) is 0 Å². The monoisotopic (exact) mass is 342 g/mol. The Balaban J connectivity index is 2.00. The number of nitrogens with one attached hydrogen (secondary N) is 1. The summed E-state index contributed by atoms with van der Waals surface area (Å²) in [6, 6.07) is 14.1. The summed E-state index contributed by atoms with van der Waals surface area (Å²) >= 11 is 0. The van der Waals surface area contributed by atoms with Gasteiger partial charge in [-0.15, -0.1) is 0 Å². The quantitative estimate of drug-likeness (QED) is 0.708. The molecule has 0 fully saturated rings. The van der Waals surface area contributed by atoms with Gasteiger partial charge < -0.3 is 20.9 Å². The zero-order valence-corrected chi connectivity index (χ0v) is 13.3. The highest BCUT2D eigenvalue weighted by Crippen LogP contribution is 2.11. The minimum Gasteiger partial charge on any atom is -0.480 e. The number of carbonyl (C=O) groups is 3. The molecule has 0 spiro atoms. The van der Waals surface area contributed by atoms with Crippen molar-refractivity contribution in [2.45, 2.75) is 19.1 Å².